The molecule has 0 aromatic heterocycles. The van der Waals surface area contributed by atoms with E-state index in [0.29, 0.717) is 32.5 Å². The van der Waals surface area contributed by atoms with Crippen molar-refractivity contribution in [2.45, 2.75) is 38.6 Å². The fourth-order valence-corrected chi connectivity index (χ4v) is 1.50. The number of nitrogens with zero attached hydrogens (tertiary/aromatic N) is 2. The first kappa shape index (κ1) is 15.9. The summed E-state index contributed by atoms with van der Waals surface area (Å²) in [6.07, 6.45) is 3.00. The number of rotatable bonds is 9. The van der Waals surface area contributed by atoms with Gasteiger partial charge in [-0.1, -0.05) is 19.8 Å². The van der Waals surface area contributed by atoms with Crippen LogP contribution >= 0.6 is 0 Å². The third-order valence-electron chi connectivity index (χ3n) is 2.56. The molecule has 0 unspecified atom stereocenters. The summed E-state index contributed by atoms with van der Waals surface area (Å²) in [5, 5.41) is 8.55. The van der Waals surface area contributed by atoms with Crippen LogP contribution in [0.5, 0.6) is 0 Å². The molecule has 0 spiro atoms. The number of nitrogens with two attached hydrogens (primary N) is 1. The van der Waals surface area contributed by atoms with E-state index >= 15 is 0 Å². The maximum Gasteiger partial charge on any atom is 0.239 e. The molecule has 2 N–H and O–H groups in total. The average Bonchev–Trinajstić information content (AvgIpc) is 2.35. The lowest BCUT2D eigenvalue weighted by atomic mass is 10.1. The maximum atomic E-state index is 12.0. The Labute approximate surface area is 104 Å². The molecule has 0 aliphatic heterocycles. The van der Waals surface area contributed by atoms with Crippen LogP contribution in [-0.4, -0.2) is 43.7 Å². The molecule has 98 valence electrons. The Bertz CT molecular complexity index is 251. The third kappa shape index (κ3) is 6.93. The quantitative estimate of drug-likeness (QED) is 0.650. The second kappa shape index (κ2) is 10.1. The zero-order valence-corrected chi connectivity index (χ0v) is 10.8. The number of unbranched alkanes of at least 4 members (excludes halogenated alkanes) is 1. The monoisotopic (exact) mass is 241 g/mol. The molecule has 0 aromatic rings. The van der Waals surface area contributed by atoms with E-state index in [4.69, 9.17) is 15.7 Å². The van der Waals surface area contributed by atoms with E-state index in [-0.39, 0.29) is 5.91 Å². The van der Waals surface area contributed by atoms with Crippen molar-refractivity contribution in [2.24, 2.45) is 5.73 Å². The van der Waals surface area contributed by atoms with E-state index in [9.17, 15) is 4.79 Å². The summed E-state index contributed by atoms with van der Waals surface area (Å²) >= 11 is 0. The van der Waals surface area contributed by atoms with Gasteiger partial charge in [-0.05, 0) is 6.42 Å². The Morgan fingerprint density at radius 1 is 1.53 bits per heavy atom. The van der Waals surface area contributed by atoms with Gasteiger partial charge >= 0.3 is 0 Å². The lowest BCUT2D eigenvalue weighted by molar-refractivity contribution is -0.133. The maximum absolute atomic E-state index is 12.0. The SMILES string of the molecule is CCCC[C@H](N)C(=O)N(CCC#N)CCOC. The average molecular weight is 241 g/mol. The van der Waals surface area contributed by atoms with Crippen LogP contribution in [0.25, 0.3) is 0 Å². The van der Waals surface area contributed by atoms with Crippen molar-refractivity contribution in [3.05, 3.63) is 0 Å². The smallest absolute Gasteiger partial charge is 0.239 e. The minimum Gasteiger partial charge on any atom is -0.383 e. The van der Waals surface area contributed by atoms with Crippen molar-refractivity contribution in [3.8, 4) is 6.07 Å². The number of carbonyl (C=O) groups is 1. The summed E-state index contributed by atoms with van der Waals surface area (Å²) in [4.78, 5) is 13.6. The van der Waals surface area contributed by atoms with Crippen molar-refractivity contribution in [1.82, 2.24) is 4.90 Å². The standard InChI is InChI=1S/C12H23N3O2/c1-3-4-6-11(14)12(16)15(8-5-7-13)9-10-17-2/h11H,3-6,8-10,14H2,1-2H3/t11-/m0/s1. The molecule has 0 aromatic carbocycles. The number of hydrogen-bond donors (Lipinski definition) is 1. The van der Waals surface area contributed by atoms with Crippen molar-refractivity contribution in [1.29, 1.82) is 5.26 Å². The van der Waals surface area contributed by atoms with Crippen LogP contribution in [-0.2, 0) is 9.53 Å². The van der Waals surface area contributed by atoms with Crippen LogP contribution < -0.4 is 5.73 Å². The number of nitriles is 1. The molecule has 0 aliphatic rings. The molecular formula is C12H23N3O2. The Hall–Kier alpha value is -1.12. The summed E-state index contributed by atoms with van der Waals surface area (Å²) in [6, 6.07) is 1.58. The van der Waals surface area contributed by atoms with Gasteiger partial charge in [-0.3, -0.25) is 4.79 Å². The van der Waals surface area contributed by atoms with Crippen LogP contribution in [0.1, 0.15) is 32.6 Å². The Kier molecular flexibility index (Phi) is 9.40. The Balaban J connectivity index is 4.23. The highest BCUT2D eigenvalue weighted by Crippen LogP contribution is 2.03. The first-order chi connectivity index (χ1) is 8.17. The molecular weight excluding hydrogens is 218 g/mol. The molecule has 5 heteroatoms. The fraction of sp³-hybridized carbons (Fsp3) is 0.833. The number of methoxy groups -OCH3 is 1. The zero-order chi connectivity index (χ0) is 13.1. The first-order valence-electron chi connectivity index (χ1n) is 6.07. The Morgan fingerprint density at radius 3 is 2.76 bits per heavy atom. The van der Waals surface area contributed by atoms with Crippen molar-refractivity contribution < 1.29 is 9.53 Å². The highest BCUT2D eigenvalue weighted by atomic mass is 16.5. The molecule has 0 fully saturated rings. The van der Waals surface area contributed by atoms with E-state index in [1.54, 1.807) is 12.0 Å². The van der Waals surface area contributed by atoms with E-state index < -0.39 is 6.04 Å². The summed E-state index contributed by atoms with van der Waals surface area (Å²) in [5.74, 6) is -0.0780. The lowest BCUT2D eigenvalue weighted by Gasteiger charge is -2.24. The van der Waals surface area contributed by atoms with Gasteiger partial charge in [-0.25, -0.2) is 0 Å². The molecule has 1 amide bonds. The zero-order valence-electron chi connectivity index (χ0n) is 10.8. The van der Waals surface area contributed by atoms with Crippen LogP contribution in [0.15, 0.2) is 0 Å². The van der Waals surface area contributed by atoms with Gasteiger partial charge in [-0.15, -0.1) is 0 Å². The third-order valence-corrected chi connectivity index (χ3v) is 2.56. The predicted molar refractivity (Wildman–Crippen MR) is 66.2 cm³/mol. The van der Waals surface area contributed by atoms with Gasteiger partial charge in [-0.2, -0.15) is 5.26 Å². The lowest BCUT2D eigenvalue weighted by Crippen LogP contribution is -2.45. The molecule has 5 nitrogen and oxygen atoms in total. The molecule has 0 bridgehead atoms. The topological polar surface area (TPSA) is 79.4 Å². The van der Waals surface area contributed by atoms with Gasteiger partial charge in [0.1, 0.15) is 0 Å². The van der Waals surface area contributed by atoms with Crippen LogP contribution in [0.4, 0.5) is 0 Å². The van der Waals surface area contributed by atoms with Crippen molar-refractivity contribution in [3.63, 3.8) is 0 Å². The molecule has 0 aliphatic carbocycles. The van der Waals surface area contributed by atoms with Gasteiger partial charge in [0, 0.05) is 20.2 Å². The minimum absolute atomic E-state index is 0.0780. The molecule has 0 saturated carbocycles. The minimum atomic E-state index is -0.453. The van der Waals surface area contributed by atoms with Gasteiger partial charge in [0.25, 0.3) is 0 Å². The van der Waals surface area contributed by atoms with Crippen molar-refractivity contribution in [2.75, 3.05) is 26.8 Å². The second-order valence-electron chi connectivity index (χ2n) is 3.97. The summed E-state index contributed by atoms with van der Waals surface area (Å²) in [5.41, 5.74) is 5.83. The largest absolute Gasteiger partial charge is 0.383 e. The normalized spacial score (nSPS) is 11.9. The number of amides is 1. The first-order valence-corrected chi connectivity index (χ1v) is 6.07. The highest BCUT2D eigenvalue weighted by molar-refractivity contribution is 5.81. The number of ether oxygens (including phenoxy) is 1. The number of carbonyl (C=O) groups excluding carboxylic acids is 1. The van der Waals surface area contributed by atoms with E-state index in [1.807, 2.05) is 6.07 Å². The van der Waals surface area contributed by atoms with E-state index in [2.05, 4.69) is 6.92 Å². The molecule has 0 rings (SSSR count). The predicted octanol–water partition coefficient (Wildman–Crippen LogP) is 0.893. The highest BCUT2D eigenvalue weighted by Gasteiger charge is 2.19. The van der Waals surface area contributed by atoms with Crippen LogP contribution in [0.3, 0.4) is 0 Å². The molecule has 0 heterocycles. The molecule has 0 radical (unpaired) electrons. The van der Waals surface area contributed by atoms with E-state index in [0.717, 1.165) is 12.8 Å². The summed E-state index contributed by atoms with van der Waals surface area (Å²) < 4.78 is 4.95. The van der Waals surface area contributed by atoms with Gasteiger partial charge in [0.2, 0.25) is 5.91 Å². The fourth-order valence-electron chi connectivity index (χ4n) is 1.50. The summed E-state index contributed by atoms with van der Waals surface area (Å²) in [6.45, 7) is 3.46. The van der Waals surface area contributed by atoms with E-state index in [1.165, 1.54) is 0 Å². The van der Waals surface area contributed by atoms with Crippen LogP contribution in [0, 0.1) is 11.3 Å². The Morgan fingerprint density at radius 2 is 2.24 bits per heavy atom. The molecule has 17 heavy (non-hydrogen) atoms. The van der Waals surface area contributed by atoms with Gasteiger partial charge in [0.15, 0.2) is 0 Å². The second-order valence-corrected chi connectivity index (χ2v) is 3.97. The van der Waals surface area contributed by atoms with Gasteiger partial charge < -0.3 is 15.4 Å². The van der Waals surface area contributed by atoms with Crippen LogP contribution in [0.2, 0.25) is 0 Å². The molecule has 1 atom stereocenters. The summed E-state index contributed by atoms with van der Waals surface area (Å²) in [7, 11) is 1.59. The van der Waals surface area contributed by atoms with Crippen molar-refractivity contribution >= 4 is 5.91 Å². The van der Waals surface area contributed by atoms with Gasteiger partial charge in [0.05, 0.1) is 25.1 Å². The molecule has 0 saturated heterocycles. The number of hydrogen-bond acceptors (Lipinski definition) is 4.